The van der Waals surface area contributed by atoms with Gasteiger partial charge in [0.05, 0.1) is 11.3 Å². The molecule has 9 heteroatoms. The van der Waals surface area contributed by atoms with E-state index in [2.05, 4.69) is 5.32 Å². The third-order valence-corrected chi connectivity index (χ3v) is 5.41. The molecule has 0 saturated carbocycles. The third-order valence-electron chi connectivity index (χ3n) is 2.59. The molecule has 114 valence electrons. The van der Waals surface area contributed by atoms with Crippen molar-refractivity contribution in [3.8, 4) is 0 Å². The van der Waals surface area contributed by atoms with Crippen LogP contribution in [0.5, 0.6) is 0 Å². The number of nitrogens with one attached hydrogen (secondary N) is 1. The van der Waals surface area contributed by atoms with E-state index in [0.717, 1.165) is 11.5 Å². The third kappa shape index (κ3) is 6.31. The molecular formula is C10H22ClN3O3S2. The summed E-state index contributed by atoms with van der Waals surface area (Å²) in [6.45, 7) is 4.38. The number of carbonyl (C=O) groups is 1. The largest absolute Gasteiger partial charge is 0.353 e. The Morgan fingerprint density at radius 3 is 2.37 bits per heavy atom. The van der Waals surface area contributed by atoms with Gasteiger partial charge in [-0.15, -0.1) is 12.4 Å². The zero-order valence-electron chi connectivity index (χ0n) is 11.2. The van der Waals surface area contributed by atoms with Gasteiger partial charge in [0.2, 0.25) is 15.9 Å². The Bertz CT molecular complexity index is 389. The predicted octanol–water partition coefficient (Wildman–Crippen LogP) is -0.360. The molecular weight excluding hydrogens is 310 g/mol. The Hall–Kier alpha value is -0.0200. The van der Waals surface area contributed by atoms with Crippen LogP contribution < -0.4 is 11.1 Å². The summed E-state index contributed by atoms with van der Waals surface area (Å²) in [6, 6.07) is 0. The van der Waals surface area contributed by atoms with Crippen LogP contribution in [0.3, 0.4) is 0 Å². The van der Waals surface area contributed by atoms with Crippen LogP contribution in [-0.2, 0) is 14.8 Å². The van der Waals surface area contributed by atoms with Crippen LogP contribution in [0, 0.1) is 0 Å². The highest BCUT2D eigenvalue weighted by atomic mass is 35.5. The van der Waals surface area contributed by atoms with Crippen molar-refractivity contribution in [1.29, 1.82) is 0 Å². The standard InChI is InChI=1S/C10H21N3O3S2.ClH/c1-10(2,11)9(14)12-3-8-18(15,16)13-4-6-17-7-5-13;/h3-8,11H2,1-2H3,(H,12,14);1H. The molecule has 1 rings (SSSR count). The Labute approximate surface area is 125 Å². The summed E-state index contributed by atoms with van der Waals surface area (Å²) in [5.74, 6) is 1.26. The summed E-state index contributed by atoms with van der Waals surface area (Å²) in [6.07, 6.45) is 0. The average Bonchev–Trinajstić information content (AvgIpc) is 2.28. The van der Waals surface area contributed by atoms with Crippen LogP contribution in [-0.4, -0.2) is 61.1 Å². The summed E-state index contributed by atoms with van der Waals surface area (Å²) in [5.41, 5.74) is 4.62. The minimum Gasteiger partial charge on any atom is -0.353 e. The molecule has 0 aromatic heterocycles. The van der Waals surface area contributed by atoms with Gasteiger partial charge in [0.25, 0.3) is 0 Å². The lowest BCUT2D eigenvalue weighted by molar-refractivity contribution is -0.125. The van der Waals surface area contributed by atoms with Gasteiger partial charge in [-0.3, -0.25) is 4.79 Å². The van der Waals surface area contributed by atoms with Crippen molar-refractivity contribution in [3.63, 3.8) is 0 Å². The molecule has 0 unspecified atom stereocenters. The second kappa shape index (κ2) is 7.68. The Kier molecular flexibility index (Phi) is 7.67. The topological polar surface area (TPSA) is 92.5 Å². The fourth-order valence-electron chi connectivity index (χ4n) is 1.48. The summed E-state index contributed by atoms with van der Waals surface area (Å²) in [7, 11) is -3.26. The van der Waals surface area contributed by atoms with Gasteiger partial charge in [0.1, 0.15) is 0 Å². The maximum atomic E-state index is 12.0. The maximum absolute atomic E-state index is 12.0. The molecule has 0 radical (unpaired) electrons. The number of rotatable bonds is 5. The lowest BCUT2D eigenvalue weighted by Crippen LogP contribution is -2.50. The fraction of sp³-hybridized carbons (Fsp3) is 0.900. The Balaban J connectivity index is 0.00000324. The van der Waals surface area contributed by atoms with Gasteiger partial charge in [-0.25, -0.2) is 12.7 Å². The molecule has 6 nitrogen and oxygen atoms in total. The molecule has 19 heavy (non-hydrogen) atoms. The van der Waals surface area contributed by atoms with Gasteiger partial charge in [0, 0.05) is 31.1 Å². The Morgan fingerprint density at radius 1 is 1.37 bits per heavy atom. The van der Waals surface area contributed by atoms with Crippen molar-refractivity contribution < 1.29 is 13.2 Å². The van der Waals surface area contributed by atoms with E-state index in [-0.39, 0.29) is 30.6 Å². The van der Waals surface area contributed by atoms with E-state index in [1.807, 2.05) is 0 Å². The van der Waals surface area contributed by atoms with Crippen LogP contribution in [0.1, 0.15) is 13.8 Å². The number of halogens is 1. The highest BCUT2D eigenvalue weighted by Gasteiger charge is 2.25. The molecule has 0 spiro atoms. The molecule has 1 heterocycles. The van der Waals surface area contributed by atoms with E-state index >= 15 is 0 Å². The molecule has 0 bridgehead atoms. The van der Waals surface area contributed by atoms with Crippen LogP contribution in [0.4, 0.5) is 0 Å². The minimum atomic E-state index is -3.26. The smallest absolute Gasteiger partial charge is 0.239 e. The molecule has 1 aliphatic rings. The number of hydrogen-bond donors (Lipinski definition) is 2. The molecule has 1 aliphatic heterocycles. The summed E-state index contributed by atoms with van der Waals surface area (Å²) < 4.78 is 25.4. The monoisotopic (exact) mass is 331 g/mol. The van der Waals surface area contributed by atoms with Crippen LogP contribution in [0.15, 0.2) is 0 Å². The maximum Gasteiger partial charge on any atom is 0.239 e. The number of amides is 1. The van der Waals surface area contributed by atoms with E-state index < -0.39 is 15.6 Å². The first-order chi connectivity index (χ1) is 8.23. The van der Waals surface area contributed by atoms with Gasteiger partial charge in [0.15, 0.2) is 0 Å². The molecule has 0 aliphatic carbocycles. The zero-order chi connectivity index (χ0) is 13.8. The van der Waals surface area contributed by atoms with Crippen LogP contribution >= 0.6 is 24.2 Å². The highest BCUT2D eigenvalue weighted by molar-refractivity contribution is 7.99. The van der Waals surface area contributed by atoms with Crippen LogP contribution in [0.2, 0.25) is 0 Å². The van der Waals surface area contributed by atoms with E-state index in [1.54, 1.807) is 25.6 Å². The first-order valence-corrected chi connectivity index (χ1v) is 8.62. The Morgan fingerprint density at radius 2 is 1.89 bits per heavy atom. The van der Waals surface area contributed by atoms with Gasteiger partial charge < -0.3 is 11.1 Å². The van der Waals surface area contributed by atoms with Gasteiger partial charge >= 0.3 is 0 Å². The number of hydrogen-bond acceptors (Lipinski definition) is 5. The summed E-state index contributed by atoms with van der Waals surface area (Å²) in [4.78, 5) is 11.5. The fourth-order valence-corrected chi connectivity index (χ4v) is 3.97. The number of thioether (sulfide) groups is 1. The van der Waals surface area contributed by atoms with E-state index in [4.69, 9.17) is 5.73 Å². The van der Waals surface area contributed by atoms with Gasteiger partial charge in [-0.05, 0) is 13.8 Å². The molecule has 1 fully saturated rings. The van der Waals surface area contributed by atoms with Crippen molar-refractivity contribution in [3.05, 3.63) is 0 Å². The zero-order valence-corrected chi connectivity index (χ0v) is 13.7. The molecule has 1 saturated heterocycles. The number of carbonyl (C=O) groups excluding carboxylic acids is 1. The molecule has 0 aromatic carbocycles. The van der Waals surface area contributed by atoms with Gasteiger partial charge in [-0.1, -0.05) is 0 Å². The summed E-state index contributed by atoms with van der Waals surface area (Å²) >= 11 is 1.75. The second-order valence-electron chi connectivity index (χ2n) is 4.81. The van der Waals surface area contributed by atoms with Gasteiger partial charge in [-0.2, -0.15) is 11.8 Å². The minimum absolute atomic E-state index is 0. The van der Waals surface area contributed by atoms with Crippen LogP contribution in [0.25, 0.3) is 0 Å². The average molecular weight is 332 g/mol. The summed E-state index contributed by atoms with van der Waals surface area (Å²) in [5, 5.41) is 2.54. The van der Waals surface area contributed by atoms with E-state index in [9.17, 15) is 13.2 Å². The van der Waals surface area contributed by atoms with E-state index in [1.165, 1.54) is 4.31 Å². The first kappa shape index (κ1) is 19.0. The SMILES string of the molecule is CC(C)(N)C(=O)NCCS(=O)(=O)N1CCSCC1.Cl. The lowest BCUT2D eigenvalue weighted by atomic mass is 10.1. The second-order valence-corrected chi connectivity index (χ2v) is 8.12. The normalized spacial score (nSPS) is 17.6. The van der Waals surface area contributed by atoms with E-state index in [0.29, 0.717) is 13.1 Å². The molecule has 0 aromatic rings. The molecule has 0 atom stereocenters. The van der Waals surface area contributed by atoms with Crippen molar-refractivity contribution in [2.24, 2.45) is 5.73 Å². The first-order valence-electron chi connectivity index (χ1n) is 5.86. The number of nitrogens with two attached hydrogens (primary N) is 1. The quantitative estimate of drug-likeness (QED) is 0.717. The van der Waals surface area contributed by atoms with Crippen molar-refractivity contribution >= 4 is 40.1 Å². The molecule has 1 amide bonds. The van der Waals surface area contributed by atoms with Crippen molar-refractivity contribution in [2.45, 2.75) is 19.4 Å². The molecule has 3 N–H and O–H groups in total. The lowest BCUT2D eigenvalue weighted by Gasteiger charge is -2.26. The van der Waals surface area contributed by atoms with Crippen molar-refractivity contribution in [1.82, 2.24) is 9.62 Å². The number of sulfonamides is 1. The van der Waals surface area contributed by atoms with Crippen molar-refractivity contribution in [2.75, 3.05) is 36.9 Å². The predicted molar refractivity (Wildman–Crippen MR) is 81.2 cm³/mol. The number of nitrogens with zero attached hydrogens (tertiary/aromatic N) is 1. The highest BCUT2D eigenvalue weighted by Crippen LogP contribution is 2.13.